The Labute approximate surface area is 121 Å². The Morgan fingerprint density at radius 1 is 1.67 bits per heavy atom. The fourth-order valence-corrected chi connectivity index (χ4v) is 2.06. The maximum Gasteiger partial charge on any atom is 0.265 e. The van der Waals surface area contributed by atoms with Gasteiger partial charge in [0.05, 0.1) is 11.7 Å². The van der Waals surface area contributed by atoms with Crippen molar-refractivity contribution >= 4 is 17.4 Å². The number of carbonyl (C=O) groups excluding carboxylic acids is 2. The number of hydrogen-bond acceptors (Lipinski definition) is 4. The Balaban J connectivity index is 2.41. The Kier molecular flexibility index (Phi) is 4.25. The predicted molar refractivity (Wildman–Crippen MR) is 77.4 cm³/mol. The molecule has 0 saturated carbocycles. The van der Waals surface area contributed by atoms with E-state index in [1.165, 1.54) is 11.8 Å². The maximum absolute atomic E-state index is 12.1. The van der Waals surface area contributed by atoms with E-state index in [0.717, 1.165) is 0 Å². The third kappa shape index (κ3) is 2.88. The molecule has 0 radical (unpaired) electrons. The molecule has 1 aliphatic rings. The Bertz CT molecular complexity index is 650. The number of benzene rings is 1. The van der Waals surface area contributed by atoms with E-state index in [2.05, 4.69) is 16.6 Å². The predicted octanol–water partition coefficient (Wildman–Crippen LogP) is 2.48. The van der Waals surface area contributed by atoms with Crippen molar-refractivity contribution in [2.75, 3.05) is 18.1 Å². The van der Waals surface area contributed by atoms with Crippen molar-refractivity contribution in [3.05, 3.63) is 46.9 Å². The van der Waals surface area contributed by atoms with Gasteiger partial charge in [0.25, 0.3) is 5.91 Å². The van der Waals surface area contributed by atoms with E-state index in [0.29, 0.717) is 23.5 Å². The first-order chi connectivity index (χ1) is 10.1. The second-order valence-corrected chi connectivity index (χ2v) is 4.51. The van der Waals surface area contributed by atoms with Gasteiger partial charge in [-0.1, -0.05) is 11.2 Å². The third-order valence-electron chi connectivity index (χ3n) is 3.10. The van der Waals surface area contributed by atoms with E-state index >= 15 is 0 Å². The molecule has 1 aromatic rings. The molecule has 7 nitrogen and oxygen atoms in total. The van der Waals surface area contributed by atoms with Gasteiger partial charge in [0, 0.05) is 17.0 Å². The summed E-state index contributed by atoms with van der Waals surface area (Å²) in [6.07, 6.45) is 1.60. The van der Waals surface area contributed by atoms with E-state index in [9.17, 15) is 9.59 Å². The van der Waals surface area contributed by atoms with Crippen LogP contribution >= 0.6 is 0 Å². The first-order valence-electron chi connectivity index (χ1n) is 6.35. The van der Waals surface area contributed by atoms with Gasteiger partial charge < -0.3 is 9.64 Å². The summed E-state index contributed by atoms with van der Waals surface area (Å²) in [7, 11) is 0. The molecule has 2 rings (SSSR count). The SMILES string of the molecule is C=CCN1C(=O)COc2ccc(C(=O)C(C)N=[N+]=[N-])cc21. The number of amides is 1. The maximum atomic E-state index is 12.1. The topological polar surface area (TPSA) is 95.4 Å². The molecule has 0 aromatic heterocycles. The van der Waals surface area contributed by atoms with Gasteiger partial charge in [-0.3, -0.25) is 9.59 Å². The highest BCUT2D eigenvalue weighted by atomic mass is 16.5. The molecular formula is C14H14N4O3. The average molecular weight is 286 g/mol. The number of anilines is 1. The van der Waals surface area contributed by atoms with Crippen LogP contribution in [0.1, 0.15) is 17.3 Å². The Hall–Kier alpha value is -2.79. The highest BCUT2D eigenvalue weighted by Gasteiger charge is 2.26. The van der Waals surface area contributed by atoms with Crippen molar-refractivity contribution in [2.24, 2.45) is 5.11 Å². The van der Waals surface area contributed by atoms with Crippen molar-refractivity contribution in [3.63, 3.8) is 0 Å². The minimum Gasteiger partial charge on any atom is -0.482 e. The lowest BCUT2D eigenvalue weighted by Gasteiger charge is -2.28. The van der Waals surface area contributed by atoms with E-state index in [1.807, 2.05) is 0 Å². The average Bonchev–Trinajstić information content (AvgIpc) is 2.49. The van der Waals surface area contributed by atoms with Crippen LogP contribution in [-0.2, 0) is 4.79 Å². The molecule has 0 N–H and O–H groups in total. The number of carbonyl (C=O) groups is 2. The van der Waals surface area contributed by atoms with E-state index in [1.54, 1.807) is 24.3 Å². The molecule has 21 heavy (non-hydrogen) atoms. The molecule has 7 heteroatoms. The molecule has 108 valence electrons. The Morgan fingerprint density at radius 3 is 3.10 bits per heavy atom. The van der Waals surface area contributed by atoms with Gasteiger partial charge in [0.2, 0.25) is 0 Å². The highest BCUT2D eigenvalue weighted by molar-refractivity contribution is 6.03. The highest BCUT2D eigenvalue weighted by Crippen LogP contribution is 2.33. The number of azide groups is 1. The number of hydrogen-bond donors (Lipinski definition) is 0. The normalized spacial score (nSPS) is 14.5. The lowest BCUT2D eigenvalue weighted by molar-refractivity contribution is -0.121. The van der Waals surface area contributed by atoms with E-state index in [-0.39, 0.29) is 18.3 Å². The Morgan fingerprint density at radius 2 is 2.43 bits per heavy atom. The smallest absolute Gasteiger partial charge is 0.265 e. The number of ether oxygens (including phenoxy) is 1. The summed E-state index contributed by atoms with van der Waals surface area (Å²) in [5.74, 6) is 0.0201. The van der Waals surface area contributed by atoms with Gasteiger partial charge in [-0.15, -0.1) is 6.58 Å². The molecule has 1 aliphatic heterocycles. The van der Waals surface area contributed by atoms with Crippen LogP contribution in [0.3, 0.4) is 0 Å². The molecule has 0 spiro atoms. The summed E-state index contributed by atoms with van der Waals surface area (Å²) in [5.41, 5.74) is 9.27. The van der Waals surface area contributed by atoms with Crippen molar-refractivity contribution < 1.29 is 14.3 Å². The second-order valence-electron chi connectivity index (χ2n) is 4.51. The largest absolute Gasteiger partial charge is 0.482 e. The zero-order valence-corrected chi connectivity index (χ0v) is 11.5. The number of nitrogens with zero attached hydrogens (tertiary/aromatic N) is 4. The summed E-state index contributed by atoms with van der Waals surface area (Å²) in [5, 5.41) is 3.39. The van der Waals surface area contributed by atoms with Crippen LogP contribution in [0.4, 0.5) is 5.69 Å². The van der Waals surface area contributed by atoms with Crippen LogP contribution in [0.2, 0.25) is 0 Å². The molecule has 1 unspecified atom stereocenters. The number of fused-ring (bicyclic) bond motifs is 1. The summed E-state index contributed by atoms with van der Waals surface area (Å²) in [6.45, 7) is 5.43. The molecule has 1 heterocycles. The molecule has 1 amide bonds. The first-order valence-corrected chi connectivity index (χ1v) is 6.35. The van der Waals surface area contributed by atoms with Gasteiger partial charge >= 0.3 is 0 Å². The summed E-state index contributed by atoms with van der Waals surface area (Å²) in [6, 6.07) is 3.99. The third-order valence-corrected chi connectivity index (χ3v) is 3.10. The molecule has 0 bridgehead atoms. The van der Waals surface area contributed by atoms with Gasteiger partial charge in [-0.2, -0.15) is 0 Å². The quantitative estimate of drug-likeness (QED) is 0.273. The molecule has 0 saturated heterocycles. The number of ketones is 1. The fraction of sp³-hybridized carbons (Fsp3) is 0.286. The van der Waals surface area contributed by atoms with Gasteiger partial charge in [0.15, 0.2) is 12.4 Å². The number of rotatable bonds is 5. The second kappa shape index (κ2) is 6.11. The monoisotopic (exact) mass is 286 g/mol. The van der Waals surface area contributed by atoms with E-state index < -0.39 is 6.04 Å². The zero-order chi connectivity index (χ0) is 15.4. The first kappa shape index (κ1) is 14.6. The van der Waals surface area contributed by atoms with Crippen LogP contribution in [0.5, 0.6) is 5.75 Å². The zero-order valence-electron chi connectivity index (χ0n) is 11.5. The van der Waals surface area contributed by atoms with Crippen LogP contribution < -0.4 is 9.64 Å². The van der Waals surface area contributed by atoms with E-state index in [4.69, 9.17) is 10.3 Å². The van der Waals surface area contributed by atoms with Crippen molar-refractivity contribution in [1.29, 1.82) is 0 Å². The van der Waals surface area contributed by atoms with Crippen LogP contribution in [0.15, 0.2) is 36.0 Å². The van der Waals surface area contributed by atoms with Crippen molar-refractivity contribution in [2.45, 2.75) is 13.0 Å². The van der Waals surface area contributed by atoms with Crippen molar-refractivity contribution in [3.8, 4) is 5.75 Å². The van der Waals surface area contributed by atoms with Gasteiger partial charge in [-0.05, 0) is 30.7 Å². The molecule has 0 aliphatic carbocycles. The van der Waals surface area contributed by atoms with Crippen LogP contribution in [-0.4, -0.2) is 30.9 Å². The minimum atomic E-state index is -0.805. The fourth-order valence-electron chi connectivity index (χ4n) is 2.06. The summed E-state index contributed by atoms with van der Waals surface area (Å²) in [4.78, 5) is 28.1. The van der Waals surface area contributed by atoms with Crippen molar-refractivity contribution in [1.82, 2.24) is 0 Å². The molecule has 1 atom stereocenters. The standard InChI is InChI=1S/C14H14N4O3/c1-3-6-18-11-7-10(14(20)9(2)16-17-15)4-5-12(11)21-8-13(18)19/h3-5,7,9H,1,6,8H2,2H3. The molecular weight excluding hydrogens is 272 g/mol. The number of Topliss-reactive ketones (excluding diaryl/α,β-unsaturated/α-hetero) is 1. The summed E-state index contributed by atoms with van der Waals surface area (Å²) < 4.78 is 5.34. The minimum absolute atomic E-state index is 0.0384. The summed E-state index contributed by atoms with van der Waals surface area (Å²) >= 11 is 0. The van der Waals surface area contributed by atoms with Gasteiger partial charge in [-0.25, -0.2) is 0 Å². The molecule has 0 fully saturated rings. The lowest BCUT2D eigenvalue weighted by atomic mass is 10.0. The van der Waals surface area contributed by atoms with Crippen LogP contribution in [0.25, 0.3) is 10.4 Å². The van der Waals surface area contributed by atoms with Crippen LogP contribution in [0, 0.1) is 0 Å². The van der Waals surface area contributed by atoms with Gasteiger partial charge in [0.1, 0.15) is 5.75 Å². The molecule has 1 aromatic carbocycles. The lowest BCUT2D eigenvalue weighted by Crippen LogP contribution is -2.39.